The number of aromatic nitrogens is 2. The van der Waals surface area contributed by atoms with E-state index in [1.54, 1.807) is 0 Å². The van der Waals surface area contributed by atoms with Crippen LogP contribution in [0.4, 0.5) is 11.6 Å². The van der Waals surface area contributed by atoms with Gasteiger partial charge < -0.3 is 10.3 Å². The number of nitrogens with one attached hydrogen (secondary N) is 1. The molecule has 0 radical (unpaired) electrons. The summed E-state index contributed by atoms with van der Waals surface area (Å²) in [7, 11) is 1.85. The van der Waals surface area contributed by atoms with Gasteiger partial charge in [-0.1, -0.05) is 0 Å². The van der Waals surface area contributed by atoms with Crippen molar-refractivity contribution in [2.24, 2.45) is 5.84 Å². The van der Waals surface area contributed by atoms with E-state index < -0.39 is 0 Å². The minimum Gasteiger partial charge on any atom is -0.358 e. The van der Waals surface area contributed by atoms with Gasteiger partial charge in [0.25, 0.3) is 0 Å². The van der Waals surface area contributed by atoms with Crippen LogP contribution in [0.5, 0.6) is 0 Å². The molecule has 0 saturated heterocycles. The first kappa shape index (κ1) is 11.7. The van der Waals surface area contributed by atoms with Crippen molar-refractivity contribution in [1.82, 2.24) is 9.97 Å². The third-order valence-corrected chi connectivity index (χ3v) is 2.56. The molecule has 1 heterocycles. The summed E-state index contributed by atoms with van der Waals surface area (Å²) in [5, 5.41) is 8.48. The summed E-state index contributed by atoms with van der Waals surface area (Å²) in [6.45, 7) is 0.607. The topological polar surface area (TPSA) is 90.9 Å². The second kappa shape index (κ2) is 5.48. The molecular weight excluding hydrogens is 260 g/mol. The molecule has 80 valence electrons. The molecule has 1 rings (SSSR count). The molecule has 0 fully saturated rings. The Labute approximate surface area is 96.2 Å². The summed E-state index contributed by atoms with van der Waals surface area (Å²) in [6, 6.07) is 2.08. The predicted molar refractivity (Wildman–Crippen MR) is 61.0 cm³/mol. The fraction of sp³-hybridized carbons (Fsp3) is 0.375. The van der Waals surface area contributed by atoms with Crippen LogP contribution in [0.2, 0.25) is 0 Å². The highest BCUT2D eigenvalue weighted by molar-refractivity contribution is 9.10. The van der Waals surface area contributed by atoms with E-state index in [2.05, 4.69) is 37.4 Å². The highest BCUT2D eigenvalue weighted by Crippen LogP contribution is 2.27. The zero-order valence-corrected chi connectivity index (χ0v) is 9.82. The van der Waals surface area contributed by atoms with Crippen molar-refractivity contribution in [2.75, 3.05) is 23.9 Å². The summed E-state index contributed by atoms with van der Waals surface area (Å²) in [4.78, 5) is 9.89. The quantitative estimate of drug-likeness (QED) is 0.623. The maximum atomic E-state index is 8.48. The molecule has 0 unspecified atom stereocenters. The normalized spacial score (nSPS) is 9.47. The number of hydrogen-bond acceptors (Lipinski definition) is 6. The predicted octanol–water partition coefficient (Wildman–Crippen LogP) is 0.875. The van der Waals surface area contributed by atoms with Gasteiger partial charge in [0, 0.05) is 13.6 Å². The first-order chi connectivity index (χ1) is 7.20. The third kappa shape index (κ3) is 2.78. The van der Waals surface area contributed by atoms with Crippen molar-refractivity contribution < 1.29 is 0 Å². The molecule has 0 saturated carbocycles. The van der Waals surface area contributed by atoms with Crippen LogP contribution in [0.15, 0.2) is 10.8 Å². The van der Waals surface area contributed by atoms with Crippen LogP contribution in [0.3, 0.4) is 0 Å². The average Bonchev–Trinajstić information content (AvgIpc) is 2.26. The lowest BCUT2D eigenvalue weighted by atomic mass is 10.4. The number of nitrogens with two attached hydrogens (primary N) is 1. The molecule has 0 atom stereocenters. The summed E-state index contributed by atoms with van der Waals surface area (Å²) < 4.78 is 0.688. The Kier molecular flexibility index (Phi) is 4.27. The fourth-order valence-corrected chi connectivity index (χ4v) is 1.67. The van der Waals surface area contributed by atoms with Gasteiger partial charge in [-0.2, -0.15) is 5.26 Å². The van der Waals surface area contributed by atoms with E-state index in [-0.39, 0.29) is 0 Å². The zero-order valence-electron chi connectivity index (χ0n) is 8.24. The van der Waals surface area contributed by atoms with E-state index in [1.807, 2.05) is 11.9 Å². The van der Waals surface area contributed by atoms with E-state index in [1.165, 1.54) is 6.33 Å². The molecule has 0 aliphatic heterocycles. The number of halogens is 1. The molecule has 0 amide bonds. The van der Waals surface area contributed by atoms with Gasteiger partial charge in [0.2, 0.25) is 0 Å². The highest BCUT2D eigenvalue weighted by Gasteiger charge is 2.11. The second-order valence-corrected chi connectivity index (χ2v) is 3.63. The van der Waals surface area contributed by atoms with E-state index >= 15 is 0 Å². The van der Waals surface area contributed by atoms with Gasteiger partial charge in [-0.15, -0.1) is 0 Å². The van der Waals surface area contributed by atoms with Crippen LogP contribution in [0.1, 0.15) is 6.42 Å². The fourth-order valence-electron chi connectivity index (χ4n) is 1.05. The van der Waals surface area contributed by atoms with Crippen molar-refractivity contribution in [3.8, 4) is 6.07 Å². The Balaban J connectivity index is 2.89. The van der Waals surface area contributed by atoms with Gasteiger partial charge in [0.1, 0.15) is 16.6 Å². The van der Waals surface area contributed by atoms with E-state index in [0.717, 1.165) is 0 Å². The molecule has 0 spiro atoms. The Bertz CT molecular complexity index is 374. The molecule has 0 aromatic carbocycles. The average molecular weight is 271 g/mol. The Morgan fingerprint density at radius 2 is 2.40 bits per heavy atom. The zero-order chi connectivity index (χ0) is 11.3. The molecule has 0 aliphatic carbocycles. The number of hydrogen-bond donors (Lipinski definition) is 2. The van der Waals surface area contributed by atoms with Crippen LogP contribution in [-0.2, 0) is 0 Å². The van der Waals surface area contributed by atoms with Gasteiger partial charge in [0.15, 0.2) is 5.82 Å². The molecule has 0 bridgehead atoms. The van der Waals surface area contributed by atoms with Crippen molar-refractivity contribution in [3.63, 3.8) is 0 Å². The molecule has 3 N–H and O–H groups in total. The molecule has 0 aliphatic rings. The van der Waals surface area contributed by atoms with Gasteiger partial charge >= 0.3 is 0 Å². The number of nitriles is 1. The van der Waals surface area contributed by atoms with Crippen LogP contribution >= 0.6 is 15.9 Å². The number of anilines is 2. The molecule has 1 aromatic rings. The SMILES string of the molecule is CN(CCC#N)c1ncnc(NN)c1Br. The minimum atomic E-state index is 0.443. The van der Waals surface area contributed by atoms with Gasteiger partial charge in [0.05, 0.1) is 12.5 Å². The standard InChI is InChI=1S/C8H11BrN6/c1-15(4-2-3-10)8-6(9)7(14-11)12-5-13-8/h5H,2,4,11H2,1H3,(H,12,13,14). The maximum Gasteiger partial charge on any atom is 0.159 e. The molecule has 1 aromatic heterocycles. The van der Waals surface area contributed by atoms with Gasteiger partial charge in [-0.3, -0.25) is 0 Å². The van der Waals surface area contributed by atoms with Crippen LogP contribution in [-0.4, -0.2) is 23.6 Å². The summed E-state index contributed by atoms with van der Waals surface area (Å²) >= 11 is 3.34. The molecule has 6 nitrogen and oxygen atoms in total. The highest BCUT2D eigenvalue weighted by atomic mass is 79.9. The summed E-state index contributed by atoms with van der Waals surface area (Å²) in [5.74, 6) is 6.50. The Morgan fingerprint density at radius 1 is 1.67 bits per heavy atom. The second-order valence-electron chi connectivity index (χ2n) is 2.83. The lowest BCUT2D eigenvalue weighted by Gasteiger charge is -2.18. The smallest absolute Gasteiger partial charge is 0.159 e. The lowest BCUT2D eigenvalue weighted by Crippen LogP contribution is -2.21. The first-order valence-electron chi connectivity index (χ1n) is 4.26. The first-order valence-corrected chi connectivity index (χ1v) is 5.05. The largest absolute Gasteiger partial charge is 0.358 e. The van der Waals surface area contributed by atoms with Gasteiger partial charge in [-0.25, -0.2) is 15.8 Å². The minimum absolute atomic E-state index is 0.443. The van der Waals surface area contributed by atoms with Crippen LogP contribution in [0.25, 0.3) is 0 Å². The maximum absolute atomic E-state index is 8.48. The van der Waals surface area contributed by atoms with E-state index in [4.69, 9.17) is 11.1 Å². The van der Waals surface area contributed by atoms with Crippen LogP contribution < -0.4 is 16.2 Å². The van der Waals surface area contributed by atoms with Gasteiger partial charge in [-0.05, 0) is 15.9 Å². The number of nitrogen functional groups attached to an aromatic ring is 1. The van der Waals surface area contributed by atoms with E-state index in [0.29, 0.717) is 29.1 Å². The molecular formula is C8H11BrN6. The Hall–Kier alpha value is -1.39. The van der Waals surface area contributed by atoms with E-state index in [9.17, 15) is 0 Å². The summed E-state index contributed by atoms with van der Waals surface area (Å²) in [5.41, 5.74) is 2.46. The van der Waals surface area contributed by atoms with Crippen molar-refractivity contribution >= 4 is 27.6 Å². The lowest BCUT2D eigenvalue weighted by molar-refractivity contribution is 0.875. The third-order valence-electron chi connectivity index (χ3n) is 1.83. The van der Waals surface area contributed by atoms with Crippen molar-refractivity contribution in [1.29, 1.82) is 5.26 Å². The van der Waals surface area contributed by atoms with Crippen molar-refractivity contribution in [3.05, 3.63) is 10.8 Å². The number of nitrogens with zero attached hydrogens (tertiary/aromatic N) is 4. The summed E-state index contributed by atoms with van der Waals surface area (Å²) in [6.07, 6.45) is 1.86. The molecule has 7 heteroatoms. The number of rotatable bonds is 4. The number of hydrazine groups is 1. The molecule has 15 heavy (non-hydrogen) atoms. The monoisotopic (exact) mass is 270 g/mol. The Morgan fingerprint density at radius 3 is 3.00 bits per heavy atom. The van der Waals surface area contributed by atoms with Crippen LogP contribution in [0, 0.1) is 11.3 Å². The van der Waals surface area contributed by atoms with Crippen molar-refractivity contribution in [2.45, 2.75) is 6.42 Å².